The van der Waals surface area contributed by atoms with Crippen LogP contribution in [-0.2, 0) is 6.54 Å². The first-order chi connectivity index (χ1) is 16.9. The number of aliphatic hydroxyl groups is 1. The number of aryl methyl sites for hydroxylation is 1. The molecule has 0 aliphatic heterocycles. The van der Waals surface area contributed by atoms with E-state index in [-0.39, 0.29) is 18.1 Å². The zero-order valence-corrected chi connectivity index (χ0v) is 20.5. The van der Waals surface area contributed by atoms with Crippen LogP contribution in [0.1, 0.15) is 44.3 Å². The van der Waals surface area contributed by atoms with Crippen LogP contribution in [-0.4, -0.2) is 47.7 Å². The van der Waals surface area contributed by atoms with Crippen LogP contribution in [0.15, 0.2) is 71.8 Å². The van der Waals surface area contributed by atoms with Gasteiger partial charge in [0.05, 0.1) is 24.1 Å². The van der Waals surface area contributed by atoms with Crippen molar-refractivity contribution in [1.82, 2.24) is 10.3 Å². The van der Waals surface area contributed by atoms with Crippen molar-refractivity contribution in [3.63, 3.8) is 0 Å². The minimum absolute atomic E-state index is 0.0998. The zero-order valence-electron chi connectivity index (χ0n) is 19.8. The van der Waals surface area contributed by atoms with Crippen LogP contribution in [0.5, 0.6) is 0 Å². The van der Waals surface area contributed by atoms with Crippen LogP contribution >= 0.6 is 11.6 Å². The van der Waals surface area contributed by atoms with E-state index in [0.29, 0.717) is 29.4 Å². The van der Waals surface area contributed by atoms with Gasteiger partial charge in [0.2, 0.25) is 0 Å². The van der Waals surface area contributed by atoms with E-state index in [1.165, 1.54) is 6.07 Å². The van der Waals surface area contributed by atoms with Gasteiger partial charge < -0.3 is 10.4 Å². The van der Waals surface area contributed by atoms with Crippen LogP contribution < -0.4 is 10.7 Å². The van der Waals surface area contributed by atoms with Crippen LogP contribution in [0.2, 0.25) is 5.02 Å². The van der Waals surface area contributed by atoms with Crippen molar-refractivity contribution in [3.05, 3.63) is 99.6 Å². The molecule has 0 aliphatic carbocycles. The third-order valence-electron chi connectivity index (χ3n) is 5.38. The van der Waals surface area contributed by atoms with E-state index < -0.39 is 5.91 Å². The molecule has 3 N–H and O–H groups in total. The number of hydrazone groups is 1. The van der Waals surface area contributed by atoms with Crippen molar-refractivity contribution in [1.29, 1.82) is 0 Å². The number of hydrogen-bond acceptors (Lipinski definition) is 5. The lowest BCUT2D eigenvalue weighted by Crippen LogP contribution is -2.26. The Kier molecular flexibility index (Phi) is 9.55. The van der Waals surface area contributed by atoms with E-state index in [4.69, 9.17) is 16.7 Å². The molecule has 0 aromatic heterocycles. The Labute approximate surface area is 210 Å². The number of halogens is 1. The number of rotatable bonds is 10. The molecule has 0 spiro atoms. The average Bonchev–Trinajstić information content (AvgIpc) is 2.85. The molecule has 3 aromatic carbocycles. The summed E-state index contributed by atoms with van der Waals surface area (Å²) in [4.78, 5) is 27.7. The summed E-state index contributed by atoms with van der Waals surface area (Å²) in [6.07, 6.45) is 1.55. The van der Waals surface area contributed by atoms with Crippen LogP contribution in [0.25, 0.3) is 0 Å². The number of amides is 2. The second kappa shape index (κ2) is 12.8. The van der Waals surface area contributed by atoms with Crippen molar-refractivity contribution in [3.8, 4) is 0 Å². The minimum atomic E-state index is -0.495. The molecule has 3 rings (SSSR count). The fourth-order valence-corrected chi connectivity index (χ4v) is 3.67. The predicted molar refractivity (Wildman–Crippen MR) is 140 cm³/mol. The monoisotopic (exact) mass is 492 g/mol. The highest BCUT2D eigenvalue weighted by molar-refractivity contribution is 6.31. The lowest BCUT2D eigenvalue weighted by molar-refractivity contribution is 0.0956. The van der Waals surface area contributed by atoms with E-state index >= 15 is 0 Å². The third kappa shape index (κ3) is 7.75. The van der Waals surface area contributed by atoms with Gasteiger partial charge in [-0.2, -0.15) is 5.10 Å². The topological polar surface area (TPSA) is 94.0 Å². The molecule has 0 aliphatic rings. The van der Waals surface area contributed by atoms with Gasteiger partial charge in [-0.15, -0.1) is 0 Å². The van der Waals surface area contributed by atoms with Gasteiger partial charge in [-0.3, -0.25) is 14.5 Å². The molecule has 0 heterocycles. The van der Waals surface area contributed by atoms with Crippen molar-refractivity contribution in [2.45, 2.75) is 20.4 Å². The molecule has 7 nitrogen and oxygen atoms in total. The molecule has 0 unspecified atom stereocenters. The second-order valence-corrected chi connectivity index (χ2v) is 8.48. The number of carbonyl (C=O) groups excluding carboxylic acids is 2. The van der Waals surface area contributed by atoms with Gasteiger partial charge in [0, 0.05) is 23.7 Å². The maximum atomic E-state index is 12.8. The number of hydrogen-bond donors (Lipinski definition) is 3. The summed E-state index contributed by atoms with van der Waals surface area (Å²) in [7, 11) is 0. The molecule has 0 radical (unpaired) electrons. The average molecular weight is 493 g/mol. The van der Waals surface area contributed by atoms with Gasteiger partial charge in [0.25, 0.3) is 11.8 Å². The van der Waals surface area contributed by atoms with E-state index in [0.717, 1.165) is 23.2 Å². The largest absolute Gasteiger partial charge is 0.395 e. The first-order valence-electron chi connectivity index (χ1n) is 11.3. The first-order valence-corrected chi connectivity index (χ1v) is 11.7. The summed E-state index contributed by atoms with van der Waals surface area (Å²) in [5.41, 5.74) is 6.44. The Morgan fingerprint density at radius 2 is 1.83 bits per heavy atom. The molecular weight excluding hydrogens is 464 g/mol. The van der Waals surface area contributed by atoms with Gasteiger partial charge in [-0.1, -0.05) is 60.5 Å². The van der Waals surface area contributed by atoms with Crippen molar-refractivity contribution >= 4 is 35.3 Å². The third-order valence-corrected chi connectivity index (χ3v) is 5.62. The number of carbonyl (C=O) groups is 2. The van der Waals surface area contributed by atoms with E-state index in [1.807, 2.05) is 50.2 Å². The van der Waals surface area contributed by atoms with Gasteiger partial charge in [-0.25, -0.2) is 5.43 Å². The van der Waals surface area contributed by atoms with Gasteiger partial charge in [-0.05, 0) is 54.9 Å². The van der Waals surface area contributed by atoms with Gasteiger partial charge in [0.15, 0.2) is 0 Å². The molecule has 0 fully saturated rings. The Hall–Kier alpha value is -3.52. The molecule has 3 aromatic rings. The van der Waals surface area contributed by atoms with Crippen LogP contribution in [0.3, 0.4) is 0 Å². The molecule has 0 saturated carbocycles. The SMILES string of the molecule is CCN(CCO)Cc1ccc(C(=O)Nc2ccc(Cl)cc2C(=O)N/N=C/c2cccc(C)c2)cc1. The van der Waals surface area contributed by atoms with Gasteiger partial charge >= 0.3 is 0 Å². The molecule has 0 atom stereocenters. The molecule has 0 saturated heterocycles. The normalized spacial score (nSPS) is 11.1. The highest BCUT2D eigenvalue weighted by Gasteiger charge is 2.15. The number of likely N-dealkylation sites (N-methyl/N-ethyl adjacent to an activating group) is 1. The molecule has 2 amide bonds. The van der Waals surface area contributed by atoms with E-state index in [2.05, 4.69) is 20.7 Å². The molecule has 0 bridgehead atoms. The maximum absolute atomic E-state index is 12.8. The Morgan fingerprint density at radius 1 is 1.06 bits per heavy atom. The fraction of sp³-hybridized carbons (Fsp3) is 0.222. The summed E-state index contributed by atoms with van der Waals surface area (Å²) in [5, 5.41) is 16.3. The smallest absolute Gasteiger partial charge is 0.273 e. The summed E-state index contributed by atoms with van der Waals surface area (Å²) in [6.45, 7) is 6.20. The number of anilines is 1. The Morgan fingerprint density at radius 3 is 2.51 bits per heavy atom. The summed E-state index contributed by atoms with van der Waals surface area (Å²) in [6, 6.07) is 19.6. The molecular formula is C27H29ClN4O3. The lowest BCUT2D eigenvalue weighted by Gasteiger charge is -2.19. The molecule has 8 heteroatoms. The Bertz CT molecular complexity index is 1200. The van der Waals surface area contributed by atoms with Crippen molar-refractivity contribution in [2.75, 3.05) is 25.0 Å². The first kappa shape index (κ1) is 26.1. The predicted octanol–water partition coefficient (Wildman–Crippen LogP) is 4.48. The number of nitrogens with zero attached hydrogens (tertiary/aromatic N) is 2. The van der Waals surface area contributed by atoms with Crippen molar-refractivity contribution in [2.24, 2.45) is 5.10 Å². The van der Waals surface area contributed by atoms with E-state index in [1.54, 1.807) is 30.5 Å². The number of nitrogens with one attached hydrogen (secondary N) is 2. The molecule has 35 heavy (non-hydrogen) atoms. The summed E-state index contributed by atoms with van der Waals surface area (Å²) >= 11 is 6.10. The van der Waals surface area contributed by atoms with E-state index in [9.17, 15) is 9.59 Å². The van der Waals surface area contributed by atoms with Crippen LogP contribution in [0.4, 0.5) is 5.69 Å². The second-order valence-electron chi connectivity index (χ2n) is 8.05. The standard InChI is InChI=1S/C27H29ClN4O3/c1-3-32(13-14-33)18-20-7-9-22(10-8-20)26(34)30-25-12-11-23(28)16-24(25)27(35)31-29-17-21-6-4-5-19(2)15-21/h4-12,15-17,33H,3,13-14,18H2,1-2H3,(H,30,34)(H,31,35)/b29-17+. The zero-order chi connectivity index (χ0) is 25.2. The highest BCUT2D eigenvalue weighted by atomic mass is 35.5. The summed E-state index contributed by atoms with van der Waals surface area (Å²) < 4.78 is 0. The fourth-order valence-electron chi connectivity index (χ4n) is 3.49. The quantitative estimate of drug-likeness (QED) is 0.287. The van der Waals surface area contributed by atoms with Crippen LogP contribution in [0, 0.1) is 6.92 Å². The number of benzene rings is 3. The maximum Gasteiger partial charge on any atom is 0.273 e. The Balaban J connectivity index is 1.69. The highest BCUT2D eigenvalue weighted by Crippen LogP contribution is 2.22. The summed E-state index contributed by atoms with van der Waals surface area (Å²) in [5.74, 6) is -0.843. The van der Waals surface area contributed by atoms with Crippen molar-refractivity contribution < 1.29 is 14.7 Å². The number of aliphatic hydroxyl groups excluding tert-OH is 1. The van der Waals surface area contributed by atoms with Gasteiger partial charge in [0.1, 0.15) is 0 Å². The minimum Gasteiger partial charge on any atom is -0.395 e. The molecule has 182 valence electrons. The lowest BCUT2D eigenvalue weighted by atomic mass is 10.1.